The van der Waals surface area contributed by atoms with Crippen molar-refractivity contribution in [1.29, 1.82) is 0 Å². The fraction of sp³-hybridized carbons (Fsp3) is 0.667. The molecule has 0 atom stereocenters. The summed E-state index contributed by atoms with van der Waals surface area (Å²) in [5.41, 5.74) is 4.12. The predicted molar refractivity (Wildman–Crippen MR) is 80.6 cm³/mol. The lowest BCUT2D eigenvalue weighted by Crippen LogP contribution is -2.14. The molecular formula is C18H28. The van der Waals surface area contributed by atoms with E-state index in [-0.39, 0.29) is 0 Å². The molecule has 2 aliphatic carbocycles. The second kappa shape index (κ2) is 5.07. The monoisotopic (exact) mass is 244 g/mol. The maximum Gasteiger partial charge on any atom is -0.0277 e. The second-order valence-electron chi connectivity index (χ2n) is 7.63. The highest BCUT2D eigenvalue weighted by Crippen LogP contribution is 2.36. The van der Waals surface area contributed by atoms with Crippen LogP contribution < -0.4 is 0 Å². The van der Waals surface area contributed by atoms with Crippen molar-refractivity contribution in [3.8, 4) is 0 Å². The third-order valence-corrected chi connectivity index (χ3v) is 4.53. The molecule has 2 aliphatic rings. The summed E-state index contributed by atoms with van der Waals surface area (Å²) >= 11 is 0. The molecule has 0 bridgehead atoms. The summed E-state index contributed by atoms with van der Waals surface area (Å²) in [6, 6.07) is 0. The molecule has 0 heteroatoms. The van der Waals surface area contributed by atoms with Crippen molar-refractivity contribution in [2.45, 2.75) is 66.2 Å². The molecule has 0 spiro atoms. The molecule has 0 radical (unpaired) electrons. The van der Waals surface area contributed by atoms with Gasteiger partial charge in [-0.3, -0.25) is 0 Å². The Morgan fingerprint density at radius 3 is 1.44 bits per heavy atom. The van der Waals surface area contributed by atoms with Crippen LogP contribution in [0.1, 0.15) is 66.2 Å². The van der Waals surface area contributed by atoms with E-state index in [0.29, 0.717) is 10.8 Å². The van der Waals surface area contributed by atoms with Crippen molar-refractivity contribution in [2.75, 3.05) is 0 Å². The highest BCUT2D eigenvalue weighted by Gasteiger charge is 2.21. The average Bonchev–Trinajstić information content (AvgIpc) is 2.29. The lowest BCUT2D eigenvalue weighted by atomic mass is 9.77. The molecule has 0 aromatic carbocycles. The van der Waals surface area contributed by atoms with Gasteiger partial charge in [0.15, 0.2) is 0 Å². The van der Waals surface area contributed by atoms with Crippen LogP contribution >= 0.6 is 0 Å². The molecule has 0 amide bonds. The topological polar surface area (TPSA) is 0 Å². The van der Waals surface area contributed by atoms with Crippen molar-refractivity contribution in [2.24, 2.45) is 10.8 Å². The van der Waals surface area contributed by atoms with Gasteiger partial charge < -0.3 is 0 Å². The van der Waals surface area contributed by atoms with E-state index in [1.807, 2.05) is 0 Å². The smallest absolute Gasteiger partial charge is 0.0277 e. The summed E-state index contributed by atoms with van der Waals surface area (Å²) < 4.78 is 0. The minimum absolute atomic E-state index is 0.519. The summed E-state index contributed by atoms with van der Waals surface area (Å²) in [5.74, 6) is 0. The van der Waals surface area contributed by atoms with Crippen LogP contribution in [-0.4, -0.2) is 0 Å². The van der Waals surface area contributed by atoms with Gasteiger partial charge in [0.1, 0.15) is 0 Å². The average molecular weight is 244 g/mol. The lowest BCUT2D eigenvalue weighted by molar-refractivity contribution is 0.325. The van der Waals surface area contributed by atoms with Crippen molar-refractivity contribution >= 4 is 0 Å². The standard InChI is InChI=1S/C18H28/c1-17(2)11-7-15(8-12-17)5-6-16-9-13-18(3,4)14-10-16/h5-7,9H,8,10-14H2,1-4H3. The largest absolute Gasteiger partial charge is 0.0808 e. The summed E-state index contributed by atoms with van der Waals surface area (Å²) in [6.07, 6.45) is 17.2. The molecule has 0 nitrogen and oxygen atoms in total. The quantitative estimate of drug-likeness (QED) is 0.574. The summed E-state index contributed by atoms with van der Waals surface area (Å²) in [5, 5.41) is 0. The summed E-state index contributed by atoms with van der Waals surface area (Å²) in [7, 11) is 0. The van der Waals surface area contributed by atoms with Crippen molar-refractivity contribution in [3.63, 3.8) is 0 Å². The van der Waals surface area contributed by atoms with Crippen LogP contribution in [0.3, 0.4) is 0 Å². The Morgan fingerprint density at radius 2 is 1.17 bits per heavy atom. The van der Waals surface area contributed by atoms with Crippen LogP contribution in [-0.2, 0) is 0 Å². The highest BCUT2D eigenvalue weighted by molar-refractivity contribution is 5.30. The van der Waals surface area contributed by atoms with E-state index < -0.39 is 0 Å². The molecule has 0 unspecified atom stereocenters. The molecule has 18 heavy (non-hydrogen) atoms. The molecule has 0 saturated carbocycles. The normalized spacial score (nSPS) is 26.9. The third-order valence-electron chi connectivity index (χ3n) is 4.53. The highest BCUT2D eigenvalue weighted by atomic mass is 14.3. The fourth-order valence-corrected chi connectivity index (χ4v) is 2.71. The van der Waals surface area contributed by atoms with E-state index in [4.69, 9.17) is 0 Å². The van der Waals surface area contributed by atoms with Crippen LogP contribution in [0.4, 0.5) is 0 Å². The van der Waals surface area contributed by atoms with Gasteiger partial charge in [0, 0.05) is 0 Å². The van der Waals surface area contributed by atoms with Crippen LogP contribution in [0.25, 0.3) is 0 Å². The van der Waals surface area contributed by atoms with E-state index in [1.165, 1.54) is 38.5 Å². The van der Waals surface area contributed by atoms with E-state index >= 15 is 0 Å². The van der Waals surface area contributed by atoms with E-state index in [0.717, 1.165) is 0 Å². The van der Waals surface area contributed by atoms with Gasteiger partial charge in [0.25, 0.3) is 0 Å². The van der Waals surface area contributed by atoms with Crippen molar-refractivity contribution in [3.05, 3.63) is 35.5 Å². The fourth-order valence-electron chi connectivity index (χ4n) is 2.71. The Balaban J connectivity index is 1.93. The Kier molecular flexibility index (Phi) is 3.84. The van der Waals surface area contributed by atoms with Crippen molar-refractivity contribution < 1.29 is 0 Å². The van der Waals surface area contributed by atoms with E-state index in [1.54, 1.807) is 11.1 Å². The first-order chi connectivity index (χ1) is 8.36. The van der Waals surface area contributed by atoms with Crippen LogP contribution in [0.5, 0.6) is 0 Å². The first-order valence-electron chi connectivity index (χ1n) is 7.43. The van der Waals surface area contributed by atoms with Gasteiger partial charge in [-0.15, -0.1) is 0 Å². The molecule has 0 aromatic rings. The Morgan fingerprint density at radius 1 is 0.778 bits per heavy atom. The van der Waals surface area contributed by atoms with Gasteiger partial charge in [-0.2, -0.15) is 0 Å². The summed E-state index contributed by atoms with van der Waals surface area (Å²) in [6.45, 7) is 9.48. The number of hydrogen-bond acceptors (Lipinski definition) is 0. The molecule has 100 valence electrons. The molecule has 0 heterocycles. The van der Waals surface area contributed by atoms with Gasteiger partial charge >= 0.3 is 0 Å². The predicted octanol–water partition coefficient (Wildman–Crippen LogP) is 5.82. The Labute approximate surface area is 113 Å². The molecule has 0 aliphatic heterocycles. The summed E-state index contributed by atoms with van der Waals surface area (Å²) in [4.78, 5) is 0. The van der Waals surface area contributed by atoms with Gasteiger partial charge in [-0.1, -0.05) is 63.1 Å². The zero-order valence-corrected chi connectivity index (χ0v) is 12.6. The maximum absolute atomic E-state index is 2.44. The lowest BCUT2D eigenvalue weighted by Gasteiger charge is -2.28. The number of allylic oxidation sites excluding steroid dienone is 6. The van der Waals surface area contributed by atoms with E-state index in [9.17, 15) is 0 Å². The first kappa shape index (κ1) is 13.6. The van der Waals surface area contributed by atoms with Crippen LogP contribution in [0.15, 0.2) is 35.5 Å². The molecule has 0 fully saturated rings. The first-order valence-corrected chi connectivity index (χ1v) is 7.43. The van der Waals surface area contributed by atoms with Gasteiger partial charge in [-0.05, 0) is 49.4 Å². The van der Waals surface area contributed by atoms with Crippen LogP contribution in [0, 0.1) is 10.8 Å². The van der Waals surface area contributed by atoms with Gasteiger partial charge in [0.05, 0.1) is 0 Å². The zero-order valence-electron chi connectivity index (χ0n) is 12.6. The molecule has 2 rings (SSSR count). The molecular weight excluding hydrogens is 216 g/mol. The Bertz CT molecular complexity index is 350. The molecule has 0 N–H and O–H groups in total. The molecule has 0 aromatic heterocycles. The number of rotatable bonds is 2. The SMILES string of the molecule is CC1(C)CC=C(C=CC2=CCC(C)(C)CC2)CC1. The third kappa shape index (κ3) is 3.86. The zero-order chi connectivity index (χ0) is 13.2. The second-order valence-corrected chi connectivity index (χ2v) is 7.63. The van der Waals surface area contributed by atoms with Crippen molar-refractivity contribution in [1.82, 2.24) is 0 Å². The Hall–Kier alpha value is -0.780. The minimum Gasteiger partial charge on any atom is -0.0808 e. The van der Waals surface area contributed by atoms with Crippen LogP contribution in [0.2, 0.25) is 0 Å². The van der Waals surface area contributed by atoms with E-state index in [2.05, 4.69) is 52.0 Å². The minimum atomic E-state index is 0.519. The maximum atomic E-state index is 2.44. The molecule has 0 saturated heterocycles. The van der Waals surface area contributed by atoms with Gasteiger partial charge in [-0.25, -0.2) is 0 Å². The van der Waals surface area contributed by atoms with Gasteiger partial charge in [0.2, 0.25) is 0 Å². The number of hydrogen-bond donors (Lipinski definition) is 0.